The number of amides is 2. The van der Waals surface area contributed by atoms with Crippen molar-refractivity contribution < 1.29 is 23.5 Å². The van der Waals surface area contributed by atoms with Gasteiger partial charge >= 0.3 is 5.97 Å². The highest BCUT2D eigenvalue weighted by atomic mass is 19.1. The van der Waals surface area contributed by atoms with Crippen LogP contribution in [0.25, 0.3) is 0 Å². The molecular formula is C19H20FN3O4. The summed E-state index contributed by atoms with van der Waals surface area (Å²) in [5.74, 6) is -2.15. The second-order valence-electron chi connectivity index (χ2n) is 5.85. The van der Waals surface area contributed by atoms with Gasteiger partial charge in [0.25, 0.3) is 5.91 Å². The normalized spacial score (nSPS) is 10.0. The summed E-state index contributed by atoms with van der Waals surface area (Å²) in [6.07, 6.45) is 0. The Labute approximate surface area is 156 Å². The molecule has 2 aromatic rings. The lowest BCUT2D eigenvalue weighted by Gasteiger charge is -2.13. The number of nitrogens with zero attached hydrogens (tertiary/aromatic N) is 1. The fourth-order valence-corrected chi connectivity index (χ4v) is 2.09. The van der Waals surface area contributed by atoms with Crippen molar-refractivity contribution in [3.8, 4) is 0 Å². The summed E-state index contributed by atoms with van der Waals surface area (Å²) >= 11 is 0. The molecule has 27 heavy (non-hydrogen) atoms. The number of hydrogen-bond acceptors (Lipinski definition) is 5. The van der Waals surface area contributed by atoms with Crippen LogP contribution in [0.3, 0.4) is 0 Å². The number of hydrogen-bond donors (Lipinski definition) is 2. The third kappa shape index (κ3) is 6.43. The van der Waals surface area contributed by atoms with Crippen LogP contribution in [-0.4, -0.2) is 45.0 Å². The Kier molecular flexibility index (Phi) is 6.87. The van der Waals surface area contributed by atoms with Crippen LogP contribution < -0.4 is 15.5 Å². The minimum absolute atomic E-state index is 0.302. The number of halogens is 1. The molecule has 0 atom stereocenters. The van der Waals surface area contributed by atoms with Gasteiger partial charge in [0.15, 0.2) is 6.61 Å². The highest BCUT2D eigenvalue weighted by molar-refractivity contribution is 5.95. The smallest absolute Gasteiger partial charge is 0.338 e. The summed E-state index contributed by atoms with van der Waals surface area (Å²) in [6.45, 7) is -0.807. The van der Waals surface area contributed by atoms with Crippen LogP contribution in [-0.2, 0) is 14.3 Å². The van der Waals surface area contributed by atoms with Crippen molar-refractivity contribution in [2.45, 2.75) is 0 Å². The van der Waals surface area contributed by atoms with Crippen LogP contribution in [0.1, 0.15) is 10.4 Å². The van der Waals surface area contributed by atoms with E-state index in [-0.39, 0.29) is 6.54 Å². The van der Waals surface area contributed by atoms with E-state index in [1.165, 1.54) is 24.3 Å². The van der Waals surface area contributed by atoms with E-state index < -0.39 is 30.2 Å². The quantitative estimate of drug-likeness (QED) is 0.723. The second-order valence-corrected chi connectivity index (χ2v) is 5.85. The molecule has 7 nitrogen and oxygen atoms in total. The monoisotopic (exact) mass is 373 g/mol. The molecule has 0 fully saturated rings. The van der Waals surface area contributed by atoms with Crippen LogP contribution in [0.4, 0.5) is 15.8 Å². The molecule has 0 aliphatic heterocycles. The van der Waals surface area contributed by atoms with E-state index in [0.29, 0.717) is 11.3 Å². The summed E-state index contributed by atoms with van der Waals surface area (Å²) < 4.78 is 17.7. The molecule has 0 aliphatic rings. The Bertz CT molecular complexity index is 822. The first kappa shape index (κ1) is 19.9. The Balaban J connectivity index is 1.75. The Hall–Kier alpha value is -3.42. The van der Waals surface area contributed by atoms with Crippen molar-refractivity contribution in [3.63, 3.8) is 0 Å². The fraction of sp³-hybridized carbons (Fsp3) is 0.211. The van der Waals surface area contributed by atoms with Crippen molar-refractivity contribution in [1.82, 2.24) is 5.32 Å². The fourth-order valence-electron chi connectivity index (χ4n) is 2.09. The molecule has 2 amide bonds. The van der Waals surface area contributed by atoms with Gasteiger partial charge in [-0.15, -0.1) is 0 Å². The number of rotatable bonds is 7. The van der Waals surface area contributed by atoms with E-state index >= 15 is 0 Å². The number of carbonyl (C=O) groups is 3. The van der Waals surface area contributed by atoms with Gasteiger partial charge in [-0.05, 0) is 42.5 Å². The molecule has 2 aromatic carbocycles. The van der Waals surface area contributed by atoms with Crippen LogP contribution in [0.15, 0.2) is 48.5 Å². The van der Waals surface area contributed by atoms with Crippen molar-refractivity contribution in [3.05, 3.63) is 59.9 Å². The van der Waals surface area contributed by atoms with Crippen LogP contribution in [0.5, 0.6) is 0 Å². The Morgan fingerprint density at radius 1 is 1.04 bits per heavy atom. The van der Waals surface area contributed by atoms with Crippen LogP contribution in [0.2, 0.25) is 0 Å². The largest absolute Gasteiger partial charge is 0.452 e. The van der Waals surface area contributed by atoms with Gasteiger partial charge in [-0.3, -0.25) is 9.59 Å². The zero-order valence-electron chi connectivity index (χ0n) is 15.0. The average molecular weight is 373 g/mol. The van der Waals surface area contributed by atoms with E-state index in [0.717, 1.165) is 5.69 Å². The molecule has 0 unspecified atom stereocenters. The van der Waals surface area contributed by atoms with Crippen molar-refractivity contribution in [2.75, 3.05) is 37.5 Å². The predicted octanol–water partition coefficient (Wildman–Crippen LogP) is 1.80. The lowest BCUT2D eigenvalue weighted by molar-refractivity contribution is -0.126. The predicted molar refractivity (Wildman–Crippen MR) is 99.1 cm³/mol. The summed E-state index contributed by atoms with van der Waals surface area (Å²) in [5, 5.41) is 4.84. The van der Waals surface area contributed by atoms with E-state index in [1.54, 1.807) is 18.2 Å². The molecule has 0 bridgehead atoms. The number of benzene rings is 2. The van der Waals surface area contributed by atoms with E-state index in [9.17, 15) is 18.8 Å². The summed E-state index contributed by atoms with van der Waals surface area (Å²) in [7, 11) is 3.68. The first-order valence-corrected chi connectivity index (χ1v) is 8.12. The average Bonchev–Trinajstić information content (AvgIpc) is 2.66. The maximum Gasteiger partial charge on any atom is 0.338 e. The number of nitrogens with one attached hydrogen (secondary N) is 2. The topological polar surface area (TPSA) is 87.7 Å². The van der Waals surface area contributed by atoms with Gasteiger partial charge in [-0.2, -0.15) is 0 Å². The first-order valence-electron chi connectivity index (χ1n) is 8.12. The lowest BCUT2D eigenvalue weighted by Crippen LogP contribution is -2.35. The van der Waals surface area contributed by atoms with Gasteiger partial charge in [0.2, 0.25) is 5.91 Å². The molecule has 0 radical (unpaired) electrons. The molecule has 0 spiro atoms. The van der Waals surface area contributed by atoms with Gasteiger partial charge in [-0.1, -0.05) is 6.07 Å². The van der Waals surface area contributed by atoms with Gasteiger partial charge in [0.05, 0.1) is 12.1 Å². The maximum absolute atomic E-state index is 12.8. The molecule has 0 saturated heterocycles. The van der Waals surface area contributed by atoms with Gasteiger partial charge < -0.3 is 20.3 Å². The number of anilines is 2. The highest BCUT2D eigenvalue weighted by Gasteiger charge is 2.12. The van der Waals surface area contributed by atoms with Gasteiger partial charge in [0.1, 0.15) is 5.82 Å². The molecule has 2 N–H and O–H groups in total. The summed E-state index contributed by atoms with van der Waals surface area (Å²) in [5.41, 5.74) is 1.55. The van der Waals surface area contributed by atoms with Crippen molar-refractivity contribution >= 4 is 29.2 Å². The van der Waals surface area contributed by atoms with Gasteiger partial charge in [0, 0.05) is 25.5 Å². The SMILES string of the molecule is CN(C)c1cccc(C(=O)OCC(=O)NCC(=O)Nc2ccc(F)cc2)c1. The zero-order chi connectivity index (χ0) is 19.8. The van der Waals surface area contributed by atoms with Crippen LogP contribution in [0, 0.1) is 5.82 Å². The van der Waals surface area contributed by atoms with Crippen molar-refractivity contribution in [2.24, 2.45) is 0 Å². The number of carbonyl (C=O) groups excluding carboxylic acids is 3. The zero-order valence-corrected chi connectivity index (χ0v) is 15.0. The summed E-state index contributed by atoms with van der Waals surface area (Å²) in [6, 6.07) is 12.0. The molecule has 0 saturated carbocycles. The molecule has 2 rings (SSSR count). The minimum Gasteiger partial charge on any atom is -0.452 e. The minimum atomic E-state index is -0.635. The lowest BCUT2D eigenvalue weighted by atomic mass is 10.2. The maximum atomic E-state index is 12.8. The number of ether oxygens (including phenoxy) is 1. The Morgan fingerprint density at radius 3 is 2.41 bits per heavy atom. The van der Waals surface area contributed by atoms with E-state index in [4.69, 9.17) is 4.74 Å². The Morgan fingerprint density at radius 2 is 1.74 bits per heavy atom. The second kappa shape index (κ2) is 9.33. The summed E-state index contributed by atoms with van der Waals surface area (Å²) in [4.78, 5) is 37.3. The molecule has 142 valence electrons. The molecule has 0 heterocycles. The van der Waals surface area contributed by atoms with E-state index in [1.807, 2.05) is 25.1 Å². The number of esters is 1. The van der Waals surface area contributed by atoms with Gasteiger partial charge in [-0.25, -0.2) is 9.18 Å². The first-order chi connectivity index (χ1) is 12.8. The van der Waals surface area contributed by atoms with E-state index in [2.05, 4.69) is 10.6 Å². The molecule has 0 aliphatic carbocycles. The molecular weight excluding hydrogens is 353 g/mol. The van der Waals surface area contributed by atoms with Crippen LogP contribution >= 0.6 is 0 Å². The third-order valence-corrected chi connectivity index (χ3v) is 3.51. The molecule has 0 aromatic heterocycles. The third-order valence-electron chi connectivity index (χ3n) is 3.51. The highest BCUT2D eigenvalue weighted by Crippen LogP contribution is 2.14. The molecule has 8 heteroatoms. The van der Waals surface area contributed by atoms with Crippen molar-refractivity contribution in [1.29, 1.82) is 0 Å². The standard InChI is InChI=1S/C19H20FN3O4/c1-23(2)16-5-3-4-13(10-16)19(26)27-12-18(25)21-11-17(24)22-15-8-6-14(20)7-9-15/h3-10H,11-12H2,1-2H3,(H,21,25)(H,22,24).